The largest absolute Gasteiger partial charge is 0.309 e. The maximum absolute atomic E-state index is 15.7. The summed E-state index contributed by atoms with van der Waals surface area (Å²) in [6, 6.07) is 66.1. The van der Waals surface area contributed by atoms with Crippen LogP contribution >= 0.6 is 0 Å². The monoisotopic (exact) mass is 756 g/mol. The predicted molar refractivity (Wildman–Crippen MR) is 240 cm³/mol. The van der Waals surface area contributed by atoms with E-state index in [-0.39, 0.29) is 11.5 Å². The predicted octanol–water partition coefficient (Wildman–Crippen LogP) is 11.9. The van der Waals surface area contributed by atoms with Crippen molar-refractivity contribution in [2.24, 2.45) is 0 Å². The Kier molecular flexibility index (Phi) is 7.24. The second-order valence-corrected chi connectivity index (χ2v) is 14.8. The topological polar surface area (TPSA) is 70.5 Å². The zero-order valence-corrected chi connectivity index (χ0v) is 31.6. The average Bonchev–Trinajstić information content (AvgIpc) is 3.81. The quantitative estimate of drug-likeness (QED) is 0.164. The first-order valence-corrected chi connectivity index (χ1v) is 19.7. The van der Waals surface area contributed by atoms with Crippen molar-refractivity contribution in [3.63, 3.8) is 0 Å². The fourth-order valence-corrected chi connectivity index (χ4v) is 8.86. The second kappa shape index (κ2) is 12.9. The van der Waals surface area contributed by atoms with Crippen molar-refractivity contribution in [3.05, 3.63) is 204 Å². The summed E-state index contributed by atoms with van der Waals surface area (Å²) in [4.78, 5) is 30.8. The molecule has 0 unspecified atom stereocenters. The van der Waals surface area contributed by atoms with Crippen molar-refractivity contribution in [1.29, 1.82) is 0 Å². The van der Waals surface area contributed by atoms with Crippen molar-refractivity contribution >= 4 is 65.3 Å². The third kappa shape index (κ3) is 5.08. The number of pyridine rings is 1. The molecule has 0 spiro atoms. The van der Waals surface area contributed by atoms with Gasteiger partial charge in [0.05, 0.1) is 33.0 Å². The van der Waals surface area contributed by atoms with Gasteiger partial charge in [-0.2, -0.15) is 9.97 Å². The summed E-state index contributed by atoms with van der Waals surface area (Å²) in [5, 5.41) is 6.75. The van der Waals surface area contributed by atoms with Crippen LogP contribution in [0, 0.1) is 0 Å². The summed E-state index contributed by atoms with van der Waals surface area (Å²) >= 11 is 0. The van der Waals surface area contributed by atoms with Gasteiger partial charge >= 0.3 is 0 Å². The molecule has 276 valence electrons. The van der Waals surface area contributed by atoms with Crippen LogP contribution in [0.25, 0.3) is 105 Å². The number of rotatable bonds is 5. The Balaban J connectivity index is 1.28. The van der Waals surface area contributed by atoms with Crippen LogP contribution in [0.4, 0.5) is 0 Å². The Morgan fingerprint density at radius 3 is 1.24 bits per heavy atom. The van der Waals surface area contributed by atoms with Crippen LogP contribution in [0.5, 0.6) is 0 Å². The molecular formula is C52H32N6O. The van der Waals surface area contributed by atoms with E-state index in [1.54, 1.807) is 4.57 Å². The molecular weight excluding hydrogens is 725 g/mol. The molecule has 0 bridgehead atoms. The summed E-state index contributed by atoms with van der Waals surface area (Å²) < 4.78 is 6.22. The molecule has 0 atom stereocenters. The van der Waals surface area contributed by atoms with Crippen LogP contribution in [0.3, 0.4) is 0 Å². The summed E-state index contributed by atoms with van der Waals surface area (Å²) in [5.74, 6) is 1.21. The molecule has 0 radical (unpaired) electrons. The minimum absolute atomic E-state index is 0.217. The molecule has 0 aliphatic heterocycles. The van der Waals surface area contributed by atoms with Crippen LogP contribution in [0.1, 0.15) is 0 Å². The lowest BCUT2D eigenvalue weighted by molar-refractivity contribution is 0.907. The molecule has 0 aliphatic rings. The van der Waals surface area contributed by atoms with E-state index in [0.29, 0.717) is 22.6 Å². The molecule has 12 rings (SSSR count). The van der Waals surface area contributed by atoms with E-state index in [0.717, 1.165) is 76.9 Å². The molecule has 0 saturated heterocycles. The van der Waals surface area contributed by atoms with Gasteiger partial charge in [-0.05, 0) is 66.0 Å². The molecule has 4 heterocycles. The summed E-state index contributed by atoms with van der Waals surface area (Å²) in [6.45, 7) is 0. The summed E-state index contributed by atoms with van der Waals surface area (Å²) in [5.41, 5.74) is 8.25. The van der Waals surface area contributed by atoms with E-state index in [9.17, 15) is 0 Å². The van der Waals surface area contributed by atoms with Crippen LogP contribution in [0.2, 0.25) is 0 Å². The minimum Gasteiger partial charge on any atom is -0.309 e. The second-order valence-electron chi connectivity index (χ2n) is 14.8. The third-order valence-electron chi connectivity index (χ3n) is 11.5. The zero-order valence-electron chi connectivity index (χ0n) is 31.6. The highest BCUT2D eigenvalue weighted by Crippen LogP contribution is 2.40. The maximum atomic E-state index is 15.7. The summed E-state index contributed by atoms with van der Waals surface area (Å²) in [6.07, 6.45) is 0. The fraction of sp³-hybridized carbons (Fsp3) is 0. The average molecular weight is 757 g/mol. The van der Waals surface area contributed by atoms with Gasteiger partial charge in [0, 0.05) is 49.4 Å². The van der Waals surface area contributed by atoms with Crippen molar-refractivity contribution in [2.75, 3.05) is 0 Å². The van der Waals surface area contributed by atoms with Crippen molar-refractivity contribution in [2.45, 2.75) is 0 Å². The molecule has 7 heteroatoms. The van der Waals surface area contributed by atoms with E-state index in [1.807, 2.05) is 84.9 Å². The summed E-state index contributed by atoms with van der Waals surface area (Å²) in [7, 11) is 0. The van der Waals surface area contributed by atoms with Gasteiger partial charge in [-0.1, -0.05) is 133 Å². The highest BCUT2D eigenvalue weighted by Gasteiger charge is 2.23. The van der Waals surface area contributed by atoms with Gasteiger partial charge in [0.25, 0.3) is 5.56 Å². The molecule has 4 aromatic heterocycles. The molecule has 0 fully saturated rings. The Morgan fingerprint density at radius 2 is 0.712 bits per heavy atom. The van der Waals surface area contributed by atoms with Crippen LogP contribution in [-0.2, 0) is 0 Å². The smallest absolute Gasteiger partial charge is 0.265 e. The Bertz CT molecular complexity index is 3610. The molecule has 8 aromatic carbocycles. The molecule has 12 aromatic rings. The Hall–Kier alpha value is -8.16. The molecule has 0 saturated carbocycles. The highest BCUT2D eigenvalue weighted by molar-refractivity contribution is 6.21. The highest BCUT2D eigenvalue weighted by atomic mass is 16.1. The maximum Gasteiger partial charge on any atom is 0.265 e. The van der Waals surface area contributed by atoms with E-state index >= 15 is 4.79 Å². The third-order valence-corrected chi connectivity index (χ3v) is 11.5. The number of benzene rings is 8. The molecule has 7 nitrogen and oxygen atoms in total. The lowest BCUT2D eigenvalue weighted by Crippen LogP contribution is -2.22. The molecule has 0 aliphatic carbocycles. The number of hydrogen-bond donors (Lipinski definition) is 0. The number of fused-ring (bicyclic) bond motifs is 9. The van der Waals surface area contributed by atoms with Crippen molar-refractivity contribution < 1.29 is 0 Å². The SMILES string of the molecule is O=c1c2cc3c(cc2c2cc4c5ccccc5n(-c5ccccc5)c4cc2n1-c1nc(-c2ccccc2)nc(-c2ccccc2)n1)c1ccccc1n3-c1ccccc1. The first kappa shape index (κ1) is 33.0. The number of aromatic nitrogens is 6. The van der Waals surface area contributed by atoms with Crippen molar-refractivity contribution in [1.82, 2.24) is 28.7 Å². The van der Waals surface area contributed by atoms with Gasteiger partial charge in [-0.3, -0.25) is 4.79 Å². The molecule has 59 heavy (non-hydrogen) atoms. The molecule has 0 N–H and O–H groups in total. The van der Waals surface area contributed by atoms with Gasteiger partial charge in [0.15, 0.2) is 11.6 Å². The lowest BCUT2D eigenvalue weighted by Gasteiger charge is -2.16. The number of para-hydroxylation sites is 4. The standard InChI is InChI=1S/C52H32N6O/c59-51-43-31-46-40(37-25-13-15-27-44(37)56(46)35-21-9-3-10-22-35)29-39(43)42-30-41-38-26-14-16-28-45(38)57(36-23-11-4-12-24-36)47(41)32-48(42)58(51)52-54-49(33-17-5-1-6-18-33)53-50(55-52)34-19-7-2-8-20-34/h1-32H. The van der Waals surface area contributed by atoms with E-state index in [1.165, 1.54) is 0 Å². The zero-order chi connectivity index (χ0) is 39.0. The Labute approximate surface area is 337 Å². The first-order valence-electron chi connectivity index (χ1n) is 19.7. The normalized spacial score (nSPS) is 11.8. The minimum atomic E-state index is -0.217. The van der Waals surface area contributed by atoms with Gasteiger partial charge in [-0.15, -0.1) is 0 Å². The van der Waals surface area contributed by atoms with Crippen LogP contribution in [-0.4, -0.2) is 28.7 Å². The number of nitrogens with zero attached hydrogens (tertiary/aromatic N) is 6. The lowest BCUT2D eigenvalue weighted by atomic mass is 10.0. The Morgan fingerprint density at radius 1 is 0.305 bits per heavy atom. The van der Waals surface area contributed by atoms with E-state index in [4.69, 9.17) is 15.0 Å². The van der Waals surface area contributed by atoms with Gasteiger partial charge in [-0.25, -0.2) is 9.55 Å². The molecule has 0 amide bonds. The van der Waals surface area contributed by atoms with E-state index < -0.39 is 0 Å². The van der Waals surface area contributed by atoms with E-state index in [2.05, 4.69) is 118 Å². The van der Waals surface area contributed by atoms with Crippen molar-refractivity contribution in [3.8, 4) is 40.1 Å². The number of hydrogen-bond acceptors (Lipinski definition) is 4. The van der Waals surface area contributed by atoms with Crippen LogP contribution < -0.4 is 5.56 Å². The van der Waals surface area contributed by atoms with Gasteiger partial charge in [0.2, 0.25) is 5.95 Å². The van der Waals surface area contributed by atoms with Gasteiger partial charge in [0.1, 0.15) is 0 Å². The first-order chi connectivity index (χ1) is 29.2. The van der Waals surface area contributed by atoms with Gasteiger partial charge < -0.3 is 9.13 Å². The fourth-order valence-electron chi connectivity index (χ4n) is 8.86. The van der Waals surface area contributed by atoms with Crippen LogP contribution in [0.15, 0.2) is 199 Å².